The number of hydrogen-bond donors (Lipinski definition) is 2. The molecule has 192 valence electrons. The number of ether oxygens (including phenoxy) is 1. The highest BCUT2D eigenvalue weighted by atomic mass is 35.5. The van der Waals surface area contributed by atoms with Gasteiger partial charge in [-0.2, -0.15) is 17.5 Å². The van der Waals surface area contributed by atoms with Crippen LogP contribution in [0.5, 0.6) is 0 Å². The summed E-state index contributed by atoms with van der Waals surface area (Å²) in [6, 6.07) is 6.66. The number of nitrogens with zero attached hydrogens (tertiary/aromatic N) is 2. The number of amides is 1. The highest BCUT2D eigenvalue weighted by Gasteiger charge is 2.38. The molecule has 0 spiro atoms. The normalized spacial score (nSPS) is 19.2. The summed E-state index contributed by atoms with van der Waals surface area (Å²) in [6.07, 6.45) is -3.27. The lowest BCUT2D eigenvalue weighted by Crippen LogP contribution is -2.49. The van der Waals surface area contributed by atoms with Crippen LogP contribution >= 0.6 is 11.6 Å². The maximum Gasteiger partial charge on any atom is 0.490 e. The second-order valence-electron chi connectivity index (χ2n) is 7.66. The van der Waals surface area contributed by atoms with E-state index in [0.717, 1.165) is 12.8 Å². The maximum atomic E-state index is 12.9. The standard InChI is InChI=1S/C18H26ClN3O4S.C2HF3O2/c19-16-5-3-15(4-6-16)18(23)21(14-17-2-1-12-26-17)11-13-27(24,25)22-9-7-20-8-10-22;3-2(4,5)1(6)7/h3-6,17,20H,1-2,7-14H2;(H,6,7). The van der Waals surface area contributed by atoms with E-state index >= 15 is 0 Å². The SMILES string of the molecule is O=C(O)C(F)(F)F.O=C(c1ccc(Cl)cc1)N(CCS(=O)(=O)N1CCNCC1)CC1CCCO1. The van der Waals surface area contributed by atoms with Crippen molar-refractivity contribution in [2.45, 2.75) is 25.1 Å². The minimum atomic E-state index is -5.08. The van der Waals surface area contributed by atoms with Crippen molar-refractivity contribution in [3.05, 3.63) is 34.9 Å². The van der Waals surface area contributed by atoms with Crippen molar-refractivity contribution in [1.82, 2.24) is 14.5 Å². The Labute approximate surface area is 200 Å². The Kier molecular flexibility index (Phi) is 10.6. The van der Waals surface area contributed by atoms with E-state index in [2.05, 4.69) is 5.32 Å². The van der Waals surface area contributed by atoms with Crippen LogP contribution in [0.15, 0.2) is 24.3 Å². The first-order valence-electron chi connectivity index (χ1n) is 10.6. The fourth-order valence-electron chi connectivity index (χ4n) is 3.36. The number of piperazine rings is 1. The predicted octanol–water partition coefficient (Wildman–Crippen LogP) is 1.83. The van der Waals surface area contributed by atoms with Crippen LogP contribution in [-0.4, -0.2) is 98.5 Å². The number of carboxylic acids is 1. The van der Waals surface area contributed by atoms with Crippen molar-refractivity contribution in [3.8, 4) is 0 Å². The summed E-state index contributed by atoms with van der Waals surface area (Å²) in [5.41, 5.74) is 0.497. The van der Waals surface area contributed by atoms with Crippen LogP contribution in [-0.2, 0) is 19.6 Å². The van der Waals surface area contributed by atoms with Crippen LogP contribution < -0.4 is 5.32 Å². The molecule has 0 aromatic heterocycles. The number of nitrogens with one attached hydrogen (secondary N) is 1. The van der Waals surface area contributed by atoms with E-state index in [1.165, 1.54) is 4.31 Å². The van der Waals surface area contributed by atoms with Crippen molar-refractivity contribution in [2.75, 3.05) is 51.6 Å². The van der Waals surface area contributed by atoms with Gasteiger partial charge in [0, 0.05) is 56.5 Å². The number of carbonyl (C=O) groups excluding carboxylic acids is 1. The van der Waals surface area contributed by atoms with Gasteiger partial charge in [-0.3, -0.25) is 4.79 Å². The third-order valence-electron chi connectivity index (χ3n) is 5.16. The van der Waals surface area contributed by atoms with Gasteiger partial charge in [0.2, 0.25) is 10.0 Å². The van der Waals surface area contributed by atoms with Crippen LogP contribution in [0.4, 0.5) is 13.2 Å². The number of sulfonamides is 1. The Balaban J connectivity index is 0.000000509. The Bertz CT molecular complexity index is 918. The first kappa shape index (κ1) is 28.3. The van der Waals surface area contributed by atoms with E-state index < -0.39 is 22.2 Å². The van der Waals surface area contributed by atoms with E-state index in [-0.39, 0.29) is 24.3 Å². The first-order valence-corrected chi connectivity index (χ1v) is 12.5. The molecule has 2 saturated heterocycles. The molecule has 1 atom stereocenters. The summed E-state index contributed by atoms with van der Waals surface area (Å²) in [4.78, 5) is 23.4. The van der Waals surface area contributed by atoms with E-state index in [1.54, 1.807) is 29.2 Å². The third-order valence-corrected chi connectivity index (χ3v) is 7.26. The van der Waals surface area contributed by atoms with E-state index in [0.29, 0.717) is 49.9 Å². The molecule has 2 fully saturated rings. The molecular formula is C20H27ClF3N3O6S. The number of halogens is 4. The predicted molar refractivity (Wildman–Crippen MR) is 118 cm³/mol. The van der Waals surface area contributed by atoms with Crippen molar-refractivity contribution in [2.24, 2.45) is 0 Å². The zero-order chi connectivity index (χ0) is 25.4. The lowest BCUT2D eigenvalue weighted by atomic mass is 10.1. The molecule has 1 unspecified atom stereocenters. The summed E-state index contributed by atoms with van der Waals surface area (Å²) in [7, 11) is -3.40. The maximum absolute atomic E-state index is 12.9. The highest BCUT2D eigenvalue weighted by Crippen LogP contribution is 2.17. The second-order valence-corrected chi connectivity index (χ2v) is 10.2. The molecule has 3 rings (SSSR count). The van der Waals surface area contributed by atoms with Crippen LogP contribution in [0.2, 0.25) is 5.02 Å². The average Bonchev–Trinajstić information content (AvgIpc) is 3.30. The topological polar surface area (TPSA) is 116 Å². The Morgan fingerprint density at radius 1 is 1.21 bits per heavy atom. The van der Waals surface area contributed by atoms with Gasteiger partial charge in [-0.1, -0.05) is 11.6 Å². The summed E-state index contributed by atoms with van der Waals surface area (Å²) >= 11 is 5.91. The van der Waals surface area contributed by atoms with E-state index in [4.69, 9.17) is 26.2 Å². The highest BCUT2D eigenvalue weighted by molar-refractivity contribution is 7.89. The fourth-order valence-corrected chi connectivity index (χ4v) is 4.94. The third kappa shape index (κ3) is 9.02. The minimum Gasteiger partial charge on any atom is -0.475 e. The first-order chi connectivity index (χ1) is 15.9. The molecule has 0 aliphatic carbocycles. The second kappa shape index (κ2) is 12.7. The molecule has 14 heteroatoms. The zero-order valence-corrected chi connectivity index (χ0v) is 19.8. The Morgan fingerprint density at radius 3 is 2.29 bits per heavy atom. The zero-order valence-electron chi connectivity index (χ0n) is 18.3. The van der Waals surface area contributed by atoms with E-state index in [1.807, 2.05) is 0 Å². The van der Waals surface area contributed by atoms with Crippen molar-refractivity contribution in [3.63, 3.8) is 0 Å². The average molecular weight is 530 g/mol. The number of carbonyl (C=O) groups is 2. The number of aliphatic carboxylic acids is 1. The van der Waals surface area contributed by atoms with Gasteiger partial charge in [-0.15, -0.1) is 0 Å². The summed E-state index contributed by atoms with van der Waals surface area (Å²) in [5.74, 6) is -3.04. The lowest BCUT2D eigenvalue weighted by molar-refractivity contribution is -0.192. The number of benzene rings is 1. The van der Waals surface area contributed by atoms with Crippen LogP contribution in [0.3, 0.4) is 0 Å². The Morgan fingerprint density at radius 2 is 1.79 bits per heavy atom. The van der Waals surface area contributed by atoms with Crippen molar-refractivity contribution in [1.29, 1.82) is 0 Å². The molecule has 0 saturated carbocycles. The van der Waals surface area contributed by atoms with Crippen LogP contribution in [0.25, 0.3) is 0 Å². The van der Waals surface area contributed by atoms with Crippen molar-refractivity contribution < 1.29 is 41.0 Å². The fraction of sp³-hybridized carbons (Fsp3) is 0.600. The van der Waals surface area contributed by atoms with Gasteiger partial charge < -0.3 is 20.1 Å². The monoisotopic (exact) mass is 529 g/mol. The summed E-state index contributed by atoms with van der Waals surface area (Å²) < 4.78 is 64.2. The molecule has 1 amide bonds. The molecule has 2 heterocycles. The number of hydrogen-bond acceptors (Lipinski definition) is 6. The lowest BCUT2D eigenvalue weighted by Gasteiger charge is -2.29. The molecule has 34 heavy (non-hydrogen) atoms. The molecule has 0 bridgehead atoms. The smallest absolute Gasteiger partial charge is 0.475 e. The largest absolute Gasteiger partial charge is 0.490 e. The molecule has 1 aromatic rings. The van der Waals surface area contributed by atoms with Gasteiger partial charge in [-0.05, 0) is 37.1 Å². The van der Waals surface area contributed by atoms with E-state index in [9.17, 15) is 26.4 Å². The Hall–Kier alpha value is -1.93. The molecule has 2 aliphatic rings. The van der Waals surface area contributed by atoms with Gasteiger partial charge in [0.25, 0.3) is 5.91 Å². The molecule has 0 radical (unpaired) electrons. The molecule has 1 aromatic carbocycles. The molecule has 2 aliphatic heterocycles. The van der Waals surface area contributed by atoms with Gasteiger partial charge in [0.05, 0.1) is 11.9 Å². The molecule has 9 nitrogen and oxygen atoms in total. The quantitative estimate of drug-likeness (QED) is 0.553. The van der Waals surface area contributed by atoms with Gasteiger partial charge in [-0.25, -0.2) is 13.2 Å². The number of carboxylic acid groups (broad SMARTS) is 1. The molecule has 2 N–H and O–H groups in total. The van der Waals surface area contributed by atoms with Crippen LogP contribution in [0, 0.1) is 0 Å². The molecular weight excluding hydrogens is 503 g/mol. The van der Waals surface area contributed by atoms with Gasteiger partial charge >= 0.3 is 12.1 Å². The number of rotatable bonds is 7. The van der Waals surface area contributed by atoms with Crippen molar-refractivity contribution >= 4 is 33.5 Å². The minimum absolute atomic E-state index is 0.0388. The van der Waals surface area contributed by atoms with Gasteiger partial charge in [0.1, 0.15) is 0 Å². The van der Waals surface area contributed by atoms with Crippen LogP contribution in [0.1, 0.15) is 23.2 Å². The number of alkyl halides is 3. The summed E-state index contributed by atoms with van der Waals surface area (Å²) in [5, 5.41) is 10.8. The summed E-state index contributed by atoms with van der Waals surface area (Å²) in [6.45, 7) is 3.49. The van der Waals surface area contributed by atoms with Gasteiger partial charge in [0.15, 0.2) is 0 Å².